The first-order chi connectivity index (χ1) is 14.5. The molecule has 1 N–H and O–H groups in total. The number of benzene rings is 1. The van der Waals surface area contributed by atoms with Crippen molar-refractivity contribution in [1.82, 2.24) is 20.1 Å². The Hall–Kier alpha value is -3.09. The van der Waals surface area contributed by atoms with Gasteiger partial charge in [0, 0.05) is 30.8 Å². The number of H-pyrrole nitrogens is 1. The standard InChI is InChI=1S/C23H28N4O3/c1-15(2)19-12-20(26-25-19)23(28)27-10-6-8-17(14-27)22-24-13-18(30-22)11-16-7-4-5-9-21(16)29-3/h4-5,7,9,12-13,15,17H,6,8,10-11,14H2,1-3H3,(H,25,26)/t17-/m0/s1. The van der Waals surface area contributed by atoms with Crippen molar-refractivity contribution in [3.8, 4) is 5.75 Å². The van der Waals surface area contributed by atoms with Crippen LogP contribution in [0, 0.1) is 0 Å². The molecular formula is C23H28N4O3. The fourth-order valence-electron chi connectivity index (χ4n) is 3.90. The Bertz CT molecular complexity index is 1010. The number of amides is 1. The largest absolute Gasteiger partial charge is 0.496 e. The smallest absolute Gasteiger partial charge is 0.274 e. The summed E-state index contributed by atoms with van der Waals surface area (Å²) < 4.78 is 11.5. The number of oxazole rings is 1. The van der Waals surface area contributed by atoms with Gasteiger partial charge >= 0.3 is 0 Å². The van der Waals surface area contributed by atoms with Crippen LogP contribution in [0.3, 0.4) is 0 Å². The number of ether oxygens (including phenoxy) is 1. The van der Waals surface area contributed by atoms with Gasteiger partial charge in [0.25, 0.3) is 5.91 Å². The molecule has 1 aliphatic rings. The quantitative estimate of drug-likeness (QED) is 0.663. The van der Waals surface area contributed by atoms with E-state index in [0.29, 0.717) is 30.5 Å². The molecule has 3 aromatic rings. The Labute approximate surface area is 176 Å². The number of hydrogen-bond donors (Lipinski definition) is 1. The number of nitrogens with one attached hydrogen (secondary N) is 1. The van der Waals surface area contributed by atoms with E-state index in [-0.39, 0.29) is 11.8 Å². The molecule has 1 aromatic carbocycles. The van der Waals surface area contributed by atoms with Gasteiger partial charge in [-0.15, -0.1) is 0 Å². The lowest BCUT2D eigenvalue weighted by Gasteiger charge is -2.30. The Morgan fingerprint density at radius 1 is 1.37 bits per heavy atom. The molecular weight excluding hydrogens is 380 g/mol. The fraction of sp³-hybridized carbons (Fsp3) is 0.435. The molecule has 1 amide bonds. The van der Waals surface area contributed by atoms with Crippen molar-refractivity contribution < 1.29 is 13.9 Å². The number of methoxy groups -OCH3 is 1. The molecule has 3 heterocycles. The first-order valence-corrected chi connectivity index (χ1v) is 10.5. The minimum atomic E-state index is -0.0383. The van der Waals surface area contributed by atoms with Gasteiger partial charge in [0.1, 0.15) is 17.2 Å². The summed E-state index contributed by atoms with van der Waals surface area (Å²) in [5.74, 6) is 2.70. The van der Waals surface area contributed by atoms with Crippen LogP contribution in [0.2, 0.25) is 0 Å². The molecule has 0 saturated carbocycles. The summed E-state index contributed by atoms with van der Waals surface area (Å²) in [6, 6.07) is 9.76. The topological polar surface area (TPSA) is 84.2 Å². The van der Waals surface area contributed by atoms with E-state index in [2.05, 4.69) is 29.0 Å². The summed E-state index contributed by atoms with van der Waals surface area (Å²) in [7, 11) is 1.67. The van der Waals surface area contributed by atoms with Crippen LogP contribution in [0.25, 0.3) is 0 Å². The van der Waals surface area contributed by atoms with Gasteiger partial charge in [-0.05, 0) is 30.9 Å². The van der Waals surface area contributed by atoms with Crippen LogP contribution in [0.15, 0.2) is 40.9 Å². The number of likely N-dealkylation sites (tertiary alicyclic amines) is 1. The van der Waals surface area contributed by atoms with Crippen LogP contribution in [0.5, 0.6) is 5.75 Å². The summed E-state index contributed by atoms with van der Waals surface area (Å²) in [5, 5.41) is 7.18. The van der Waals surface area contributed by atoms with Crippen molar-refractivity contribution in [1.29, 1.82) is 0 Å². The third kappa shape index (κ3) is 4.25. The lowest BCUT2D eigenvalue weighted by Crippen LogP contribution is -2.39. The monoisotopic (exact) mass is 408 g/mol. The Morgan fingerprint density at radius 3 is 2.97 bits per heavy atom. The van der Waals surface area contributed by atoms with Gasteiger partial charge in [-0.1, -0.05) is 32.0 Å². The molecule has 4 rings (SSSR count). The van der Waals surface area contributed by atoms with E-state index < -0.39 is 0 Å². The summed E-state index contributed by atoms with van der Waals surface area (Å²) in [6.45, 7) is 5.47. The second-order valence-electron chi connectivity index (χ2n) is 8.11. The average Bonchev–Trinajstić information content (AvgIpc) is 3.44. The second kappa shape index (κ2) is 8.73. The third-order valence-corrected chi connectivity index (χ3v) is 5.63. The van der Waals surface area contributed by atoms with Crippen molar-refractivity contribution in [2.24, 2.45) is 0 Å². The predicted octanol–water partition coefficient (Wildman–Crippen LogP) is 4.14. The van der Waals surface area contributed by atoms with Gasteiger partial charge in [-0.3, -0.25) is 9.89 Å². The molecule has 1 atom stereocenters. The van der Waals surface area contributed by atoms with E-state index in [4.69, 9.17) is 9.15 Å². The van der Waals surface area contributed by atoms with Crippen LogP contribution >= 0.6 is 0 Å². The molecule has 1 saturated heterocycles. The normalized spacial score (nSPS) is 16.8. The number of nitrogens with zero attached hydrogens (tertiary/aromatic N) is 3. The fourth-order valence-corrected chi connectivity index (χ4v) is 3.90. The first kappa shape index (κ1) is 20.2. The maximum Gasteiger partial charge on any atom is 0.274 e. The van der Waals surface area contributed by atoms with Crippen molar-refractivity contribution in [3.63, 3.8) is 0 Å². The predicted molar refractivity (Wildman–Crippen MR) is 113 cm³/mol. The molecule has 0 unspecified atom stereocenters. The highest BCUT2D eigenvalue weighted by atomic mass is 16.5. The molecule has 7 heteroatoms. The van der Waals surface area contributed by atoms with E-state index in [1.54, 1.807) is 13.3 Å². The molecule has 0 spiro atoms. The summed E-state index contributed by atoms with van der Waals surface area (Å²) >= 11 is 0. The average molecular weight is 409 g/mol. The van der Waals surface area contributed by atoms with Gasteiger partial charge in [0.05, 0.1) is 19.2 Å². The van der Waals surface area contributed by atoms with Crippen LogP contribution < -0.4 is 4.74 Å². The number of carbonyl (C=O) groups excluding carboxylic acids is 1. The minimum absolute atomic E-state index is 0.0383. The zero-order valence-electron chi connectivity index (χ0n) is 17.7. The molecule has 0 aliphatic carbocycles. The number of carbonyl (C=O) groups is 1. The van der Waals surface area contributed by atoms with E-state index in [1.165, 1.54) is 0 Å². The maximum absolute atomic E-state index is 12.9. The lowest BCUT2D eigenvalue weighted by atomic mass is 9.97. The van der Waals surface area contributed by atoms with E-state index in [9.17, 15) is 4.79 Å². The molecule has 1 fully saturated rings. The number of hydrogen-bond acceptors (Lipinski definition) is 5. The highest BCUT2D eigenvalue weighted by molar-refractivity contribution is 5.92. The van der Waals surface area contributed by atoms with E-state index in [1.807, 2.05) is 35.2 Å². The first-order valence-electron chi connectivity index (χ1n) is 10.5. The van der Waals surface area contributed by atoms with E-state index in [0.717, 1.165) is 42.2 Å². The summed E-state index contributed by atoms with van der Waals surface area (Å²) in [4.78, 5) is 19.3. The Kier molecular flexibility index (Phi) is 5.88. The number of rotatable bonds is 6. The van der Waals surface area contributed by atoms with Gasteiger partial charge in [0.2, 0.25) is 0 Å². The molecule has 158 valence electrons. The molecule has 30 heavy (non-hydrogen) atoms. The van der Waals surface area contributed by atoms with Gasteiger partial charge < -0.3 is 14.1 Å². The van der Waals surface area contributed by atoms with Gasteiger partial charge in [-0.2, -0.15) is 5.10 Å². The molecule has 7 nitrogen and oxygen atoms in total. The Balaban J connectivity index is 1.44. The van der Waals surface area contributed by atoms with Crippen LogP contribution in [-0.4, -0.2) is 46.2 Å². The maximum atomic E-state index is 12.9. The zero-order chi connectivity index (χ0) is 21.1. The number of piperidine rings is 1. The van der Waals surface area contributed by atoms with Crippen LogP contribution in [-0.2, 0) is 6.42 Å². The summed E-state index contributed by atoms with van der Waals surface area (Å²) in [6.07, 6.45) is 4.28. The van der Waals surface area contributed by atoms with Crippen molar-refractivity contribution in [2.75, 3.05) is 20.2 Å². The molecule has 2 aromatic heterocycles. The second-order valence-corrected chi connectivity index (χ2v) is 8.11. The summed E-state index contributed by atoms with van der Waals surface area (Å²) in [5.41, 5.74) is 2.51. The molecule has 0 bridgehead atoms. The number of aromatic nitrogens is 3. The third-order valence-electron chi connectivity index (χ3n) is 5.63. The Morgan fingerprint density at radius 2 is 2.20 bits per heavy atom. The highest BCUT2D eigenvalue weighted by Crippen LogP contribution is 2.29. The minimum Gasteiger partial charge on any atom is -0.496 e. The highest BCUT2D eigenvalue weighted by Gasteiger charge is 2.29. The number of aromatic amines is 1. The van der Waals surface area contributed by atoms with Crippen molar-refractivity contribution in [3.05, 3.63) is 65.1 Å². The van der Waals surface area contributed by atoms with Crippen LogP contribution in [0.4, 0.5) is 0 Å². The lowest BCUT2D eigenvalue weighted by molar-refractivity contribution is 0.0692. The molecule has 0 radical (unpaired) electrons. The van der Waals surface area contributed by atoms with E-state index >= 15 is 0 Å². The van der Waals surface area contributed by atoms with Crippen molar-refractivity contribution in [2.45, 2.75) is 44.9 Å². The van der Waals surface area contributed by atoms with Gasteiger partial charge in [-0.25, -0.2) is 4.98 Å². The SMILES string of the molecule is COc1ccccc1Cc1cnc([C@H]2CCCN(C(=O)c3cc(C(C)C)[nH]n3)C2)o1. The van der Waals surface area contributed by atoms with Gasteiger partial charge in [0.15, 0.2) is 5.89 Å². The van der Waals surface area contributed by atoms with Crippen LogP contribution in [0.1, 0.15) is 71.9 Å². The molecule has 1 aliphatic heterocycles. The zero-order valence-corrected chi connectivity index (χ0v) is 17.7. The number of para-hydroxylation sites is 1. The van der Waals surface area contributed by atoms with Crippen molar-refractivity contribution >= 4 is 5.91 Å².